The fraction of sp³-hybridized carbons (Fsp3) is 0.390. The number of ketones is 2. The number of aromatic nitrogens is 4. The zero-order valence-electron chi connectivity index (χ0n) is 33.2. The van der Waals surface area contributed by atoms with Crippen LogP contribution in [0.1, 0.15) is 133 Å². The van der Waals surface area contributed by atoms with Gasteiger partial charge in [-0.2, -0.15) is 10.5 Å². The van der Waals surface area contributed by atoms with Gasteiger partial charge in [0.25, 0.3) is 11.1 Å². The van der Waals surface area contributed by atoms with Crippen molar-refractivity contribution in [2.45, 2.75) is 107 Å². The van der Waals surface area contributed by atoms with E-state index in [0.29, 0.717) is 22.3 Å². The van der Waals surface area contributed by atoms with Crippen LogP contribution in [0.2, 0.25) is 0 Å². The van der Waals surface area contributed by atoms with Crippen LogP contribution in [-0.4, -0.2) is 42.5 Å². The molecule has 2 heterocycles. The Labute approximate surface area is 323 Å². The summed E-state index contributed by atoms with van der Waals surface area (Å²) in [5, 5.41) is 18.3. The van der Waals surface area contributed by atoms with Crippen molar-refractivity contribution in [3.05, 3.63) is 134 Å². The first kappa shape index (κ1) is 43.8. The van der Waals surface area contributed by atoms with Crippen LogP contribution in [0.5, 0.6) is 0 Å². The first-order valence-electron chi connectivity index (χ1n) is 18.0. The van der Waals surface area contributed by atoms with E-state index in [1.165, 1.54) is 21.3 Å². The van der Waals surface area contributed by atoms with E-state index < -0.39 is 59.0 Å². The Morgan fingerprint density at radius 1 is 0.696 bits per heavy atom. The van der Waals surface area contributed by atoms with Gasteiger partial charge in [0.2, 0.25) is 11.6 Å². The molecule has 0 aliphatic heterocycles. The van der Waals surface area contributed by atoms with Gasteiger partial charge >= 0.3 is 17.5 Å². The first-order chi connectivity index (χ1) is 26.3. The molecule has 0 aliphatic rings. The van der Waals surface area contributed by atoms with Gasteiger partial charge < -0.3 is 9.47 Å². The van der Waals surface area contributed by atoms with Crippen molar-refractivity contribution < 1.29 is 23.9 Å². The molecule has 0 radical (unpaired) electrons. The molecule has 0 bridgehead atoms. The molecule has 2 aromatic carbocycles. The van der Waals surface area contributed by atoms with Gasteiger partial charge in [-0.05, 0) is 101 Å². The Kier molecular flexibility index (Phi) is 14.6. The third-order valence-electron chi connectivity index (χ3n) is 8.50. The maximum absolute atomic E-state index is 13.5. The smallest absolute Gasteiger partial charge is 0.432 e. The number of hydrogen-bond acceptors (Lipinski definition) is 11. The van der Waals surface area contributed by atoms with Crippen LogP contribution in [0, 0.1) is 36.5 Å². The SMILES string of the molecule is CCn1c(C(=O)c2cc(C)cc(C#N)c2)c(C(C)C)c(=O)[nH]c1=O.CCn1c(C(=O)c2cc(C)cc(C#N)c2)c(C(C)C)c(=O)n(COC(=O)OC(C)C)c1=O. The van der Waals surface area contributed by atoms with Crippen molar-refractivity contribution in [2.75, 3.05) is 0 Å². The van der Waals surface area contributed by atoms with Gasteiger partial charge in [-0.1, -0.05) is 27.7 Å². The minimum absolute atomic E-state index is 0.0343. The normalized spacial score (nSPS) is 10.8. The van der Waals surface area contributed by atoms with E-state index in [4.69, 9.17) is 14.7 Å². The van der Waals surface area contributed by atoms with Crippen molar-refractivity contribution in [3.63, 3.8) is 0 Å². The standard InChI is InChI=1S/C23H27N3O6.C18H19N3O3/c1-7-25-19(20(27)17-9-15(6)8-16(10-17)11-24)18(13(2)3)21(28)26(22(25)29)12-31-23(30)32-14(4)5;1-5-21-15(14(10(2)3)17(23)20-18(21)24)16(22)13-7-11(4)6-12(8-13)9-19/h8-10,13-14H,7,12H2,1-6H3;6-8,10H,5H2,1-4H3,(H,20,23,24). The highest BCUT2D eigenvalue weighted by atomic mass is 16.7. The van der Waals surface area contributed by atoms with Gasteiger partial charge in [-0.15, -0.1) is 0 Å². The third-order valence-corrected chi connectivity index (χ3v) is 8.50. The summed E-state index contributed by atoms with van der Waals surface area (Å²) in [6.45, 7) is 17.0. The van der Waals surface area contributed by atoms with E-state index in [-0.39, 0.29) is 47.1 Å². The van der Waals surface area contributed by atoms with Crippen molar-refractivity contribution in [1.29, 1.82) is 10.5 Å². The van der Waals surface area contributed by atoms with Crippen LogP contribution in [0.3, 0.4) is 0 Å². The van der Waals surface area contributed by atoms with E-state index in [1.807, 2.05) is 12.1 Å². The number of nitrogens with one attached hydrogen (secondary N) is 1. The average molecular weight is 767 g/mol. The molecule has 15 heteroatoms. The molecule has 15 nitrogen and oxygen atoms in total. The van der Waals surface area contributed by atoms with Crippen LogP contribution in [0.25, 0.3) is 0 Å². The topological polar surface area (TPSA) is 216 Å². The number of carbonyl (C=O) groups is 3. The lowest BCUT2D eigenvalue weighted by Gasteiger charge is -2.20. The molecule has 56 heavy (non-hydrogen) atoms. The zero-order valence-corrected chi connectivity index (χ0v) is 33.2. The van der Waals surface area contributed by atoms with Crippen LogP contribution in [0.4, 0.5) is 4.79 Å². The van der Waals surface area contributed by atoms with Gasteiger partial charge in [0, 0.05) is 35.3 Å². The van der Waals surface area contributed by atoms with Crippen molar-refractivity contribution in [2.24, 2.45) is 0 Å². The Balaban J connectivity index is 0.000000313. The highest BCUT2D eigenvalue weighted by molar-refractivity contribution is 6.09. The second-order valence-electron chi connectivity index (χ2n) is 13.8. The molecule has 0 fully saturated rings. The summed E-state index contributed by atoms with van der Waals surface area (Å²) in [5.74, 6) is -1.60. The molecule has 0 unspecified atom stereocenters. The molecule has 0 amide bonds. The van der Waals surface area contributed by atoms with Crippen LogP contribution in [-0.2, 0) is 29.3 Å². The van der Waals surface area contributed by atoms with Gasteiger partial charge in [-0.25, -0.2) is 19.0 Å². The number of benzene rings is 2. The van der Waals surface area contributed by atoms with Gasteiger partial charge in [-0.3, -0.25) is 33.3 Å². The van der Waals surface area contributed by atoms with Gasteiger partial charge in [0.1, 0.15) is 11.4 Å². The summed E-state index contributed by atoms with van der Waals surface area (Å²) in [4.78, 5) is 91.1. The molecular formula is C41H46N6O9. The number of carbonyl (C=O) groups excluding carboxylic acids is 3. The summed E-state index contributed by atoms with van der Waals surface area (Å²) >= 11 is 0. The number of rotatable bonds is 11. The Morgan fingerprint density at radius 2 is 1.16 bits per heavy atom. The summed E-state index contributed by atoms with van der Waals surface area (Å²) in [6, 6.07) is 13.5. The maximum atomic E-state index is 13.5. The fourth-order valence-corrected chi connectivity index (χ4v) is 6.14. The highest BCUT2D eigenvalue weighted by Crippen LogP contribution is 2.22. The van der Waals surface area contributed by atoms with Crippen molar-refractivity contribution in [1.82, 2.24) is 18.7 Å². The number of aromatic amines is 1. The summed E-state index contributed by atoms with van der Waals surface area (Å²) in [5.41, 5.74) is 0.434. The minimum Gasteiger partial charge on any atom is -0.432 e. The van der Waals surface area contributed by atoms with E-state index in [1.54, 1.807) is 93.5 Å². The molecule has 0 saturated heterocycles. The molecule has 4 rings (SSSR count). The fourth-order valence-electron chi connectivity index (χ4n) is 6.14. The van der Waals surface area contributed by atoms with Gasteiger partial charge in [0.05, 0.1) is 29.4 Å². The van der Waals surface area contributed by atoms with E-state index in [2.05, 4.69) is 4.98 Å². The molecular weight excluding hydrogens is 720 g/mol. The second-order valence-corrected chi connectivity index (χ2v) is 13.8. The summed E-state index contributed by atoms with van der Waals surface area (Å²) < 4.78 is 13.0. The average Bonchev–Trinajstić information content (AvgIpc) is 3.12. The second kappa shape index (κ2) is 18.6. The maximum Gasteiger partial charge on any atom is 0.510 e. The zero-order chi connectivity index (χ0) is 42.2. The number of nitrogens with zero attached hydrogens (tertiary/aromatic N) is 5. The molecule has 294 valence electrons. The molecule has 2 aromatic heterocycles. The largest absolute Gasteiger partial charge is 0.510 e. The van der Waals surface area contributed by atoms with Crippen LogP contribution < -0.4 is 22.5 Å². The van der Waals surface area contributed by atoms with Crippen molar-refractivity contribution in [3.8, 4) is 12.1 Å². The van der Waals surface area contributed by atoms with E-state index in [0.717, 1.165) is 10.1 Å². The molecule has 0 saturated carbocycles. The first-order valence-corrected chi connectivity index (χ1v) is 18.0. The van der Waals surface area contributed by atoms with E-state index in [9.17, 15) is 38.8 Å². The Bertz CT molecular complexity index is 2500. The van der Waals surface area contributed by atoms with Crippen LogP contribution in [0.15, 0.2) is 55.6 Å². The summed E-state index contributed by atoms with van der Waals surface area (Å²) in [7, 11) is 0. The molecule has 0 aliphatic carbocycles. The quantitative estimate of drug-likeness (QED) is 0.155. The molecule has 4 aromatic rings. The Morgan fingerprint density at radius 3 is 1.57 bits per heavy atom. The molecule has 1 N–H and O–H groups in total. The molecule has 0 atom stereocenters. The lowest BCUT2D eigenvalue weighted by atomic mass is 9.95. The minimum atomic E-state index is -1.01. The lowest BCUT2D eigenvalue weighted by molar-refractivity contribution is 0.0138. The third kappa shape index (κ3) is 9.73. The Hall–Kier alpha value is -6.61. The number of nitriles is 2. The predicted octanol–water partition coefficient (Wildman–Crippen LogP) is 5.17. The number of ether oxygens (including phenoxy) is 2. The summed E-state index contributed by atoms with van der Waals surface area (Å²) in [6.07, 6.45) is -1.44. The highest BCUT2D eigenvalue weighted by Gasteiger charge is 2.28. The number of H-pyrrole nitrogens is 1. The predicted molar refractivity (Wildman–Crippen MR) is 207 cm³/mol. The molecule has 0 spiro atoms. The number of hydrogen-bond donors (Lipinski definition) is 1. The number of aryl methyl sites for hydroxylation is 2. The van der Waals surface area contributed by atoms with Crippen LogP contribution >= 0.6 is 0 Å². The van der Waals surface area contributed by atoms with E-state index >= 15 is 0 Å². The van der Waals surface area contributed by atoms with Crippen molar-refractivity contribution >= 4 is 17.7 Å². The monoisotopic (exact) mass is 766 g/mol. The lowest BCUT2D eigenvalue weighted by Crippen LogP contribution is -2.45. The van der Waals surface area contributed by atoms with Gasteiger partial charge in [0.15, 0.2) is 6.73 Å².